The van der Waals surface area contributed by atoms with Crippen molar-refractivity contribution in [1.82, 2.24) is 0 Å². The highest BCUT2D eigenvalue weighted by molar-refractivity contribution is 8.55. The molecule has 0 aliphatic carbocycles. The number of hydrogen-bond acceptors (Lipinski definition) is 4. The predicted octanol–water partition coefficient (Wildman–Crippen LogP) is 4.73. The van der Waals surface area contributed by atoms with Crippen LogP contribution in [-0.4, -0.2) is 11.9 Å². The third-order valence-electron chi connectivity index (χ3n) is 0.961. The number of hydrogen-bond donors (Lipinski definition) is 0. The minimum Gasteiger partial charge on any atom is -0.422 e. The summed E-state index contributed by atoms with van der Waals surface area (Å²) in [7, 11) is 0. The van der Waals surface area contributed by atoms with Gasteiger partial charge in [-0.3, -0.25) is 4.52 Å². The molecule has 1 unspecified atom stereocenters. The van der Waals surface area contributed by atoms with Crippen LogP contribution in [-0.2, 0) is 13.6 Å². The second-order valence-electron chi connectivity index (χ2n) is 2.70. The first-order valence-electron chi connectivity index (χ1n) is 4.13. The van der Waals surface area contributed by atoms with E-state index in [1.165, 1.54) is 0 Å². The molecule has 0 rings (SSSR count). The van der Waals surface area contributed by atoms with Crippen molar-refractivity contribution in [3.8, 4) is 0 Å². The fraction of sp³-hybridized carbons (Fsp3) is 0.500. The van der Waals surface area contributed by atoms with Crippen molar-refractivity contribution in [2.45, 2.75) is 20.0 Å². The fourth-order valence-corrected chi connectivity index (χ4v) is 3.89. The molecule has 3 nitrogen and oxygen atoms in total. The Morgan fingerprint density at radius 1 is 1.60 bits per heavy atom. The van der Waals surface area contributed by atoms with E-state index >= 15 is 0 Å². The molecule has 0 N–H and O–H groups in total. The largest absolute Gasteiger partial charge is 0.440 e. The quantitative estimate of drug-likeness (QED) is 0.386. The maximum absolute atomic E-state index is 12.0. The molecular weight excluding hydrogens is 278 g/mol. The average Bonchev–Trinajstić information content (AvgIpc) is 2.11. The average molecular weight is 291 g/mol. The lowest BCUT2D eigenvalue weighted by atomic mass is 10.5. The van der Waals surface area contributed by atoms with Gasteiger partial charge in [0.15, 0.2) is 0 Å². The summed E-state index contributed by atoms with van der Waals surface area (Å²) in [4.78, 5) is 0. The van der Waals surface area contributed by atoms with E-state index in [1.54, 1.807) is 19.9 Å². The molecule has 0 aromatic heterocycles. The van der Waals surface area contributed by atoms with Crippen LogP contribution in [0.15, 0.2) is 23.4 Å². The molecule has 7 heteroatoms. The summed E-state index contributed by atoms with van der Waals surface area (Å²) in [6.07, 6.45) is 2.40. The van der Waals surface area contributed by atoms with Gasteiger partial charge < -0.3 is 4.52 Å². The van der Waals surface area contributed by atoms with Crippen LogP contribution < -0.4 is 0 Å². The van der Waals surface area contributed by atoms with Crippen LogP contribution in [0, 0.1) is 0 Å². The van der Waals surface area contributed by atoms with Gasteiger partial charge in [-0.25, -0.2) is 4.57 Å². The molecule has 0 aromatic rings. The third-order valence-corrected chi connectivity index (χ3v) is 4.80. The van der Waals surface area contributed by atoms with Crippen molar-refractivity contribution in [1.29, 1.82) is 0 Å². The second-order valence-corrected chi connectivity index (χ2v) is 7.73. The van der Waals surface area contributed by atoms with Gasteiger partial charge in [0, 0.05) is 5.75 Å². The Labute approximate surface area is 104 Å². The highest BCUT2D eigenvalue weighted by Crippen LogP contribution is 2.61. The van der Waals surface area contributed by atoms with Crippen LogP contribution in [0.25, 0.3) is 0 Å². The van der Waals surface area contributed by atoms with Gasteiger partial charge in [0.2, 0.25) is 0 Å². The molecule has 0 heterocycles. The van der Waals surface area contributed by atoms with E-state index < -0.39 is 6.80 Å². The highest BCUT2D eigenvalue weighted by Gasteiger charge is 2.26. The first kappa shape index (κ1) is 15.4. The lowest BCUT2D eigenvalue weighted by Gasteiger charge is -2.17. The van der Waals surface area contributed by atoms with Crippen LogP contribution >= 0.6 is 41.4 Å². The molecule has 0 aliphatic rings. The normalized spacial score (nSPS) is 14.5. The van der Waals surface area contributed by atoms with Crippen LogP contribution in [0.2, 0.25) is 0 Å². The molecule has 0 amide bonds. The monoisotopic (exact) mass is 290 g/mol. The topological polar surface area (TPSA) is 35.5 Å². The zero-order valence-electron chi connectivity index (χ0n) is 8.48. The Hall–Kier alpha value is 0.400. The molecule has 88 valence electrons. The molecule has 0 aliphatic heterocycles. The first-order valence-corrected chi connectivity index (χ1v) is 8.02. The van der Waals surface area contributed by atoms with E-state index in [0.29, 0.717) is 5.75 Å². The summed E-state index contributed by atoms with van der Waals surface area (Å²) in [5.41, 5.74) is 0. The van der Waals surface area contributed by atoms with Gasteiger partial charge in [-0.05, 0) is 25.2 Å². The summed E-state index contributed by atoms with van der Waals surface area (Å²) in [5.74, 6) is 0.456. The van der Waals surface area contributed by atoms with Gasteiger partial charge in [-0.15, -0.1) is 6.58 Å². The van der Waals surface area contributed by atoms with Gasteiger partial charge in [-0.2, -0.15) is 0 Å². The van der Waals surface area contributed by atoms with Gasteiger partial charge in [0.25, 0.3) is 0 Å². The minimum absolute atomic E-state index is 0.109. The Morgan fingerprint density at radius 3 is 2.60 bits per heavy atom. The van der Waals surface area contributed by atoms with Crippen molar-refractivity contribution in [3.05, 3.63) is 23.4 Å². The Kier molecular flexibility index (Phi) is 7.84. The van der Waals surface area contributed by atoms with Gasteiger partial charge in [0.1, 0.15) is 10.8 Å². The number of rotatable bonds is 7. The van der Waals surface area contributed by atoms with E-state index in [0.717, 1.165) is 17.6 Å². The van der Waals surface area contributed by atoms with Crippen LogP contribution in [0.4, 0.5) is 0 Å². The molecule has 0 fully saturated rings. The van der Waals surface area contributed by atoms with Crippen molar-refractivity contribution in [3.63, 3.8) is 0 Å². The smallest absolute Gasteiger partial charge is 0.422 e. The third kappa shape index (κ3) is 8.23. The SMILES string of the molecule is C=CCSP(=O)(OC=C(Cl)Cl)OC(C)C. The summed E-state index contributed by atoms with van der Waals surface area (Å²) < 4.78 is 22.0. The van der Waals surface area contributed by atoms with Crippen molar-refractivity contribution < 1.29 is 13.6 Å². The van der Waals surface area contributed by atoms with Crippen molar-refractivity contribution in [2.75, 3.05) is 5.75 Å². The highest BCUT2D eigenvalue weighted by atomic mass is 35.5. The lowest BCUT2D eigenvalue weighted by Crippen LogP contribution is -1.99. The first-order chi connectivity index (χ1) is 6.89. The maximum atomic E-state index is 12.0. The minimum atomic E-state index is -3.25. The molecule has 0 aromatic carbocycles. The van der Waals surface area contributed by atoms with Crippen LogP contribution in [0.1, 0.15) is 13.8 Å². The van der Waals surface area contributed by atoms with Crippen molar-refractivity contribution >= 4 is 41.4 Å². The summed E-state index contributed by atoms with van der Waals surface area (Å²) in [6, 6.07) is 0. The van der Waals surface area contributed by atoms with Gasteiger partial charge in [0.05, 0.1) is 6.10 Å². The van der Waals surface area contributed by atoms with E-state index in [9.17, 15) is 4.57 Å². The summed E-state index contributed by atoms with van der Waals surface area (Å²) in [6.45, 7) is 3.79. The molecule has 15 heavy (non-hydrogen) atoms. The lowest BCUT2D eigenvalue weighted by molar-refractivity contribution is 0.211. The summed E-state index contributed by atoms with van der Waals surface area (Å²) >= 11 is 11.7. The number of halogens is 2. The Morgan fingerprint density at radius 2 is 2.20 bits per heavy atom. The predicted molar refractivity (Wildman–Crippen MR) is 67.4 cm³/mol. The Bertz CT molecular complexity index is 277. The van der Waals surface area contributed by atoms with E-state index in [-0.39, 0.29) is 10.6 Å². The van der Waals surface area contributed by atoms with E-state index in [4.69, 9.17) is 32.2 Å². The zero-order valence-corrected chi connectivity index (χ0v) is 11.7. The van der Waals surface area contributed by atoms with Gasteiger partial charge >= 0.3 is 6.80 Å². The maximum Gasteiger partial charge on any atom is 0.440 e. The fourth-order valence-electron chi connectivity index (χ4n) is 0.592. The molecule has 0 radical (unpaired) electrons. The van der Waals surface area contributed by atoms with Crippen LogP contribution in [0.3, 0.4) is 0 Å². The summed E-state index contributed by atoms with van der Waals surface area (Å²) in [5, 5.41) is 0. The molecule has 0 spiro atoms. The second kappa shape index (κ2) is 7.64. The van der Waals surface area contributed by atoms with Crippen LogP contribution in [0.5, 0.6) is 0 Å². The molecule has 0 saturated heterocycles. The Balaban J connectivity index is 4.47. The van der Waals surface area contributed by atoms with Crippen molar-refractivity contribution in [2.24, 2.45) is 0 Å². The molecule has 1 atom stereocenters. The van der Waals surface area contributed by atoms with E-state index in [1.807, 2.05) is 0 Å². The van der Waals surface area contributed by atoms with E-state index in [2.05, 4.69) is 6.58 Å². The van der Waals surface area contributed by atoms with Gasteiger partial charge in [-0.1, -0.05) is 29.3 Å². The standard InChI is InChI=1S/C8H13Cl2O3PS/c1-4-5-15-14(11,13-7(2)3)12-6-8(9)10/h4,6-7H,1,5H2,2-3H3. The zero-order chi connectivity index (χ0) is 11.9. The molecule has 0 bridgehead atoms. The molecular formula is C8H13Cl2O3PS. The molecule has 0 saturated carbocycles.